The van der Waals surface area contributed by atoms with Gasteiger partial charge in [-0.3, -0.25) is 9.36 Å². The van der Waals surface area contributed by atoms with Crippen molar-refractivity contribution < 1.29 is 9.53 Å². The van der Waals surface area contributed by atoms with E-state index in [2.05, 4.69) is 20.3 Å². The highest BCUT2D eigenvalue weighted by Crippen LogP contribution is 2.16. The predicted octanol–water partition coefficient (Wildman–Crippen LogP) is 2.61. The maximum atomic E-state index is 12.5. The molecule has 3 aromatic heterocycles. The van der Waals surface area contributed by atoms with Crippen molar-refractivity contribution in [2.75, 3.05) is 6.61 Å². The lowest BCUT2D eigenvalue weighted by molar-refractivity contribution is 0.0946. The number of pyridine rings is 2. The van der Waals surface area contributed by atoms with Crippen molar-refractivity contribution in [2.45, 2.75) is 27.3 Å². The van der Waals surface area contributed by atoms with Gasteiger partial charge in [0.05, 0.1) is 6.61 Å². The number of rotatable bonds is 6. The lowest BCUT2D eigenvalue weighted by Crippen LogP contribution is -2.24. The van der Waals surface area contributed by atoms with Crippen LogP contribution in [0.5, 0.6) is 5.88 Å². The zero-order valence-electron chi connectivity index (χ0n) is 15.1. The molecule has 0 saturated carbocycles. The molecule has 26 heavy (non-hydrogen) atoms. The van der Waals surface area contributed by atoms with Crippen LogP contribution in [-0.2, 0) is 6.54 Å². The third-order valence-electron chi connectivity index (χ3n) is 3.86. The standard InChI is InChI=1S/C19H21N5O2/c1-4-26-19-16(7-5-13(2)23-19)18(25)22-12-15-6-8-17(21-11-15)24-10-9-20-14(24)3/h5-11H,4,12H2,1-3H3,(H,22,25). The zero-order valence-corrected chi connectivity index (χ0v) is 15.1. The highest BCUT2D eigenvalue weighted by Gasteiger charge is 2.14. The van der Waals surface area contributed by atoms with Gasteiger partial charge in [-0.15, -0.1) is 0 Å². The Morgan fingerprint density at radius 3 is 2.69 bits per heavy atom. The topological polar surface area (TPSA) is 81.9 Å². The lowest BCUT2D eigenvalue weighted by atomic mass is 10.2. The van der Waals surface area contributed by atoms with Gasteiger partial charge in [-0.1, -0.05) is 6.07 Å². The molecule has 0 aliphatic rings. The van der Waals surface area contributed by atoms with E-state index in [0.29, 0.717) is 24.6 Å². The van der Waals surface area contributed by atoms with Gasteiger partial charge in [0.1, 0.15) is 17.2 Å². The van der Waals surface area contributed by atoms with Crippen molar-refractivity contribution in [2.24, 2.45) is 0 Å². The molecule has 0 aliphatic carbocycles. The highest BCUT2D eigenvalue weighted by atomic mass is 16.5. The number of nitrogens with zero attached hydrogens (tertiary/aromatic N) is 4. The van der Waals surface area contributed by atoms with Crippen molar-refractivity contribution >= 4 is 5.91 Å². The largest absolute Gasteiger partial charge is 0.477 e. The van der Waals surface area contributed by atoms with E-state index in [4.69, 9.17) is 4.74 Å². The number of carbonyl (C=O) groups is 1. The van der Waals surface area contributed by atoms with E-state index in [-0.39, 0.29) is 5.91 Å². The molecule has 1 amide bonds. The Morgan fingerprint density at radius 2 is 2.04 bits per heavy atom. The summed E-state index contributed by atoms with van der Waals surface area (Å²) in [4.78, 5) is 25.4. The van der Waals surface area contributed by atoms with Crippen molar-refractivity contribution in [3.63, 3.8) is 0 Å². The summed E-state index contributed by atoms with van der Waals surface area (Å²) in [5.74, 6) is 1.79. The van der Waals surface area contributed by atoms with Gasteiger partial charge >= 0.3 is 0 Å². The molecule has 3 rings (SSSR count). The van der Waals surface area contributed by atoms with Crippen molar-refractivity contribution in [1.29, 1.82) is 0 Å². The first kappa shape index (κ1) is 17.6. The predicted molar refractivity (Wildman–Crippen MR) is 97.4 cm³/mol. The van der Waals surface area contributed by atoms with Crippen LogP contribution in [0, 0.1) is 13.8 Å². The molecule has 7 nitrogen and oxygen atoms in total. The van der Waals surface area contributed by atoms with Crippen molar-refractivity contribution in [3.05, 3.63) is 65.5 Å². The Labute approximate surface area is 152 Å². The number of hydrogen-bond donors (Lipinski definition) is 1. The molecule has 0 aromatic carbocycles. The summed E-state index contributed by atoms with van der Waals surface area (Å²) in [6.07, 6.45) is 5.33. The Kier molecular flexibility index (Phi) is 5.26. The average molecular weight is 351 g/mol. The Morgan fingerprint density at radius 1 is 1.19 bits per heavy atom. The Hall–Kier alpha value is -3.22. The second-order valence-corrected chi connectivity index (χ2v) is 5.79. The van der Waals surface area contributed by atoms with Crippen LogP contribution in [0.25, 0.3) is 5.82 Å². The fourth-order valence-electron chi connectivity index (χ4n) is 2.51. The summed E-state index contributed by atoms with van der Waals surface area (Å²) in [5.41, 5.74) is 2.13. The van der Waals surface area contributed by atoms with E-state index in [0.717, 1.165) is 22.9 Å². The normalized spacial score (nSPS) is 10.6. The lowest BCUT2D eigenvalue weighted by Gasteiger charge is -2.11. The minimum atomic E-state index is -0.226. The summed E-state index contributed by atoms with van der Waals surface area (Å²) >= 11 is 0. The average Bonchev–Trinajstić information content (AvgIpc) is 3.06. The number of ether oxygens (including phenoxy) is 1. The first-order chi connectivity index (χ1) is 12.6. The van der Waals surface area contributed by atoms with Crippen LogP contribution in [0.15, 0.2) is 42.9 Å². The molecule has 0 radical (unpaired) electrons. The molecule has 3 heterocycles. The quantitative estimate of drug-likeness (QED) is 0.738. The van der Waals surface area contributed by atoms with Gasteiger partial charge in [-0.25, -0.2) is 15.0 Å². The molecule has 134 valence electrons. The first-order valence-corrected chi connectivity index (χ1v) is 8.42. The van der Waals surface area contributed by atoms with Crippen molar-refractivity contribution in [3.8, 4) is 11.7 Å². The van der Waals surface area contributed by atoms with Crippen LogP contribution in [0.4, 0.5) is 0 Å². The molecule has 0 atom stereocenters. The van der Waals surface area contributed by atoms with Gasteiger partial charge in [0.2, 0.25) is 5.88 Å². The number of amides is 1. The van der Waals surface area contributed by atoms with E-state index < -0.39 is 0 Å². The van der Waals surface area contributed by atoms with Gasteiger partial charge in [-0.05, 0) is 44.5 Å². The molecule has 0 aliphatic heterocycles. The summed E-state index contributed by atoms with van der Waals surface area (Å²) < 4.78 is 7.36. The second-order valence-electron chi connectivity index (χ2n) is 5.79. The van der Waals surface area contributed by atoms with Gasteiger partial charge in [-0.2, -0.15) is 0 Å². The molecule has 0 fully saturated rings. The van der Waals surface area contributed by atoms with Crippen LogP contribution < -0.4 is 10.1 Å². The zero-order chi connectivity index (χ0) is 18.5. The van der Waals surface area contributed by atoms with Crippen LogP contribution in [0.2, 0.25) is 0 Å². The molecule has 1 N–H and O–H groups in total. The SMILES string of the molecule is CCOc1nc(C)ccc1C(=O)NCc1ccc(-n2ccnc2C)nc1. The summed E-state index contributed by atoms with van der Waals surface area (Å²) in [6.45, 7) is 6.46. The third kappa shape index (κ3) is 3.88. The summed E-state index contributed by atoms with van der Waals surface area (Å²) in [6, 6.07) is 7.35. The number of nitrogens with one attached hydrogen (secondary N) is 1. The number of hydrogen-bond acceptors (Lipinski definition) is 5. The van der Waals surface area contributed by atoms with E-state index in [1.54, 1.807) is 24.5 Å². The third-order valence-corrected chi connectivity index (χ3v) is 3.86. The molecule has 3 aromatic rings. The molecular weight excluding hydrogens is 330 g/mol. The van der Waals surface area contributed by atoms with Gasteiger partial charge in [0.15, 0.2) is 0 Å². The van der Waals surface area contributed by atoms with Crippen molar-refractivity contribution in [1.82, 2.24) is 24.8 Å². The van der Waals surface area contributed by atoms with Gasteiger partial charge < -0.3 is 10.1 Å². The van der Waals surface area contributed by atoms with E-state index in [1.165, 1.54) is 0 Å². The number of imidazole rings is 1. The summed E-state index contributed by atoms with van der Waals surface area (Å²) in [7, 11) is 0. The van der Waals surface area contributed by atoms with Crippen LogP contribution in [0.3, 0.4) is 0 Å². The molecule has 7 heteroatoms. The number of aromatic nitrogens is 4. The van der Waals surface area contributed by atoms with Crippen LogP contribution >= 0.6 is 0 Å². The van der Waals surface area contributed by atoms with Gasteiger partial charge in [0.25, 0.3) is 5.91 Å². The fraction of sp³-hybridized carbons (Fsp3) is 0.263. The van der Waals surface area contributed by atoms with E-state index in [1.807, 2.05) is 43.7 Å². The summed E-state index contributed by atoms with van der Waals surface area (Å²) in [5, 5.41) is 2.88. The first-order valence-electron chi connectivity index (χ1n) is 8.42. The minimum absolute atomic E-state index is 0.226. The Balaban J connectivity index is 1.67. The fourth-order valence-corrected chi connectivity index (χ4v) is 2.51. The molecule has 0 saturated heterocycles. The maximum Gasteiger partial charge on any atom is 0.257 e. The number of carbonyl (C=O) groups excluding carboxylic acids is 1. The van der Waals surface area contributed by atoms with E-state index in [9.17, 15) is 4.79 Å². The molecule has 0 bridgehead atoms. The maximum absolute atomic E-state index is 12.5. The molecule has 0 spiro atoms. The van der Waals surface area contributed by atoms with Crippen LogP contribution in [0.1, 0.15) is 34.4 Å². The monoisotopic (exact) mass is 351 g/mol. The van der Waals surface area contributed by atoms with E-state index >= 15 is 0 Å². The second kappa shape index (κ2) is 7.77. The highest BCUT2D eigenvalue weighted by molar-refractivity contribution is 5.96. The number of aryl methyl sites for hydroxylation is 2. The molecule has 0 unspecified atom stereocenters. The Bertz CT molecular complexity index is 903. The minimum Gasteiger partial charge on any atom is -0.477 e. The smallest absolute Gasteiger partial charge is 0.257 e. The molecular formula is C19H21N5O2. The van der Waals surface area contributed by atoms with Gasteiger partial charge in [0, 0.05) is 30.8 Å². The van der Waals surface area contributed by atoms with Crippen LogP contribution in [-0.4, -0.2) is 32.0 Å².